The van der Waals surface area contributed by atoms with Crippen molar-refractivity contribution in [3.8, 4) is 0 Å². The van der Waals surface area contributed by atoms with E-state index in [0.29, 0.717) is 5.92 Å². The van der Waals surface area contributed by atoms with Crippen molar-refractivity contribution in [3.63, 3.8) is 0 Å². The maximum Gasteiger partial charge on any atom is 0.315 e. The van der Waals surface area contributed by atoms with E-state index in [9.17, 15) is 4.79 Å². The summed E-state index contributed by atoms with van der Waals surface area (Å²) in [6.45, 7) is 5.96. The van der Waals surface area contributed by atoms with Gasteiger partial charge in [0, 0.05) is 18.7 Å². The number of urea groups is 1. The molecule has 0 spiro atoms. The highest BCUT2D eigenvalue weighted by Gasteiger charge is 2.28. The first-order valence-corrected chi connectivity index (χ1v) is 7.00. The van der Waals surface area contributed by atoms with Gasteiger partial charge < -0.3 is 15.7 Å². The van der Waals surface area contributed by atoms with Gasteiger partial charge in [-0.25, -0.2) is 4.79 Å². The minimum atomic E-state index is -0.0847. The fourth-order valence-corrected chi connectivity index (χ4v) is 2.66. The topological polar surface area (TPSA) is 61.4 Å². The van der Waals surface area contributed by atoms with Crippen molar-refractivity contribution in [2.75, 3.05) is 6.61 Å². The molecule has 1 saturated carbocycles. The zero-order chi connectivity index (χ0) is 13.4. The fourth-order valence-electron chi connectivity index (χ4n) is 2.66. The minimum absolute atomic E-state index is 0.0847. The van der Waals surface area contributed by atoms with E-state index >= 15 is 0 Å². The Bertz CT molecular complexity index is 269. The molecule has 0 heterocycles. The highest BCUT2D eigenvalue weighted by molar-refractivity contribution is 5.74. The molecule has 0 unspecified atom stereocenters. The SMILES string of the molecule is C=CC[C@H](CC)NC(=O)N[C@H]1CCC[C@@H]1CCO. The van der Waals surface area contributed by atoms with Gasteiger partial charge in [0.2, 0.25) is 0 Å². The average molecular weight is 254 g/mol. The molecule has 1 fully saturated rings. The number of aliphatic hydroxyl groups excluding tert-OH is 1. The highest BCUT2D eigenvalue weighted by atomic mass is 16.3. The summed E-state index contributed by atoms with van der Waals surface area (Å²) in [6, 6.07) is 0.303. The smallest absolute Gasteiger partial charge is 0.315 e. The predicted octanol–water partition coefficient (Wildman–Crippen LogP) is 2.19. The van der Waals surface area contributed by atoms with Gasteiger partial charge in [0.05, 0.1) is 0 Å². The van der Waals surface area contributed by atoms with Crippen LogP contribution in [0.15, 0.2) is 12.7 Å². The molecule has 1 aliphatic carbocycles. The molecule has 0 aliphatic heterocycles. The quantitative estimate of drug-likeness (QED) is 0.610. The number of rotatable bonds is 7. The molecule has 0 radical (unpaired) electrons. The maximum absolute atomic E-state index is 11.9. The molecule has 4 heteroatoms. The van der Waals surface area contributed by atoms with Crippen LogP contribution in [-0.2, 0) is 0 Å². The zero-order valence-corrected chi connectivity index (χ0v) is 11.3. The van der Waals surface area contributed by atoms with Gasteiger partial charge in [-0.15, -0.1) is 6.58 Å². The summed E-state index contributed by atoms with van der Waals surface area (Å²) in [5, 5.41) is 15.0. The third-order valence-corrected chi connectivity index (χ3v) is 3.75. The van der Waals surface area contributed by atoms with Gasteiger partial charge in [0.25, 0.3) is 0 Å². The van der Waals surface area contributed by atoms with E-state index in [1.807, 2.05) is 6.08 Å². The van der Waals surface area contributed by atoms with Gasteiger partial charge in [-0.3, -0.25) is 0 Å². The monoisotopic (exact) mass is 254 g/mol. The van der Waals surface area contributed by atoms with Crippen molar-refractivity contribution >= 4 is 6.03 Å². The normalized spacial score (nSPS) is 24.6. The van der Waals surface area contributed by atoms with E-state index < -0.39 is 0 Å². The molecular weight excluding hydrogens is 228 g/mol. The van der Waals surface area contributed by atoms with Crippen LogP contribution in [0.3, 0.4) is 0 Å². The lowest BCUT2D eigenvalue weighted by Crippen LogP contribution is -2.47. The molecular formula is C14H26N2O2. The van der Waals surface area contributed by atoms with E-state index in [1.165, 1.54) is 0 Å². The molecule has 0 bridgehead atoms. The largest absolute Gasteiger partial charge is 0.396 e. The van der Waals surface area contributed by atoms with E-state index in [1.54, 1.807) is 0 Å². The van der Waals surface area contributed by atoms with E-state index in [-0.39, 0.29) is 24.7 Å². The summed E-state index contributed by atoms with van der Waals surface area (Å²) in [5.74, 6) is 0.431. The van der Waals surface area contributed by atoms with Crippen LogP contribution in [0.2, 0.25) is 0 Å². The third-order valence-electron chi connectivity index (χ3n) is 3.75. The number of hydrogen-bond donors (Lipinski definition) is 3. The molecule has 3 atom stereocenters. The van der Waals surface area contributed by atoms with Crippen molar-refractivity contribution in [2.24, 2.45) is 5.92 Å². The van der Waals surface area contributed by atoms with Crippen LogP contribution >= 0.6 is 0 Å². The number of aliphatic hydroxyl groups is 1. The van der Waals surface area contributed by atoms with E-state index in [2.05, 4.69) is 24.1 Å². The lowest BCUT2D eigenvalue weighted by molar-refractivity contribution is 0.218. The van der Waals surface area contributed by atoms with Gasteiger partial charge in [-0.1, -0.05) is 19.4 Å². The Morgan fingerprint density at radius 2 is 2.33 bits per heavy atom. The molecule has 104 valence electrons. The second-order valence-electron chi connectivity index (χ2n) is 5.06. The summed E-state index contributed by atoms with van der Waals surface area (Å²) in [6.07, 6.45) is 7.59. The molecule has 0 aromatic rings. The number of carbonyl (C=O) groups is 1. The van der Waals surface area contributed by atoms with Crippen LogP contribution in [0.5, 0.6) is 0 Å². The van der Waals surface area contributed by atoms with E-state index in [4.69, 9.17) is 5.11 Å². The van der Waals surface area contributed by atoms with Crippen LogP contribution in [0.25, 0.3) is 0 Å². The van der Waals surface area contributed by atoms with Crippen LogP contribution < -0.4 is 10.6 Å². The number of carbonyl (C=O) groups excluding carboxylic acids is 1. The first-order chi connectivity index (χ1) is 8.71. The van der Waals surface area contributed by atoms with Crippen LogP contribution in [0.1, 0.15) is 45.4 Å². The highest BCUT2D eigenvalue weighted by Crippen LogP contribution is 2.27. The molecule has 18 heavy (non-hydrogen) atoms. The Labute approximate surface area is 110 Å². The molecule has 0 aromatic heterocycles. The molecule has 0 saturated heterocycles. The average Bonchev–Trinajstić information content (AvgIpc) is 2.76. The van der Waals surface area contributed by atoms with Crippen molar-refractivity contribution in [2.45, 2.75) is 57.5 Å². The number of nitrogens with one attached hydrogen (secondary N) is 2. The molecule has 1 aliphatic rings. The zero-order valence-electron chi connectivity index (χ0n) is 11.3. The van der Waals surface area contributed by atoms with Gasteiger partial charge in [-0.2, -0.15) is 0 Å². The fraction of sp³-hybridized carbons (Fsp3) is 0.786. The third kappa shape index (κ3) is 4.69. The lowest BCUT2D eigenvalue weighted by atomic mass is 10.0. The van der Waals surface area contributed by atoms with Crippen molar-refractivity contribution in [1.29, 1.82) is 0 Å². The summed E-state index contributed by atoms with van der Waals surface area (Å²) < 4.78 is 0. The van der Waals surface area contributed by atoms with Crippen LogP contribution in [0, 0.1) is 5.92 Å². The van der Waals surface area contributed by atoms with Crippen molar-refractivity contribution < 1.29 is 9.90 Å². The van der Waals surface area contributed by atoms with Crippen molar-refractivity contribution in [1.82, 2.24) is 10.6 Å². The second-order valence-corrected chi connectivity index (χ2v) is 5.06. The summed E-state index contributed by atoms with van der Waals surface area (Å²) in [5.41, 5.74) is 0. The Hall–Kier alpha value is -1.03. The van der Waals surface area contributed by atoms with Gasteiger partial charge in [0.1, 0.15) is 0 Å². The molecule has 3 N–H and O–H groups in total. The Morgan fingerprint density at radius 1 is 1.56 bits per heavy atom. The molecule has 4 nitrogen and oxygen atoms in total. The van der Waals surface area contributed by atoms with E-state index in [0.717, 1.165) is 38.5 Å². The van der Waals surface area contributed by atoms with Crippen LogP contribution in [-0.4, -0.2) is 29.8 Å². The summed E-state index contributed by atoms with van der Waals surface area (Å²) in [7, 11) is 0. The van der Waals surface area contributed by atoms with Crippen molar-refractivity contribution in [3.05, 3.63) is 12.7 Å². The minimum Gasteiger partial charge on any atom is -0.396 e. The Kier molecular flexibility index (Phi) is 6.80. The van der Waals surface area contributed by atoms with Gasteiger partial charge in [-0.05, 0) is 38.0 Å². The summed E-state index contributed by atoms with van der Waals surface area (Å²) in [4.78, 5) is 11.9. The lowest BCUT2D eigenvalue weighted by Gasteiger charge is -2.22. The number of hydrogen-bond acceptors (Lipinski definition) is 2. The number of amides is 2. The standard InChI is InChI=1S/C14H26N2O2/c1-3-6-12(4-2)15-14(18)16-13-8-5-7-11(13)9-10-17/h3,11-13,17H,1,4-10H2,2H3,(H2,15,16,18)/t11-,12+,13+/m1/s1. The van der Waals surface area contributed by atoms with Gasteiger partial charge >= 0.3 is 6.03 Å². The van der Waals surface area contributed by atoms with Gasteiger partial charge in [0.15, 0.2) is 0 Å². The predicted molar refractivity (Wildman–Crippen MR) is 73.4 cm³/mol. The Balaban J connectivity index is 2.36. The second kappa shape index (κ2) is 8.14. The first kappa shape index (κ1) is 15.0. The molecule has 2 amide bonds. The summed E-state index contributed by atoms with van der Waals surface area (Å²) >= 11 is 0. The first-order valence-electron chi connectivity index (χ1n) is 7.00. The molecule has 0 aromatic carbocycles. The maximum atomic E-state index is 11.9. The van der Waals surface area contributed by atoms with Crippen LogP contribution in [0.4, 0.5) is 4.79 Å². The Morgan fingerprint density at radius 3 is 2.94 bits per heavy atom. The molecule has 1 rings (SSSR count).